The Kier molecular flexibility index (Phi) is 9.29. The highest BCUT2D eigenvalue weighted by Crippen LogP contribution is 2.67. The van der Waals surface area contributed by atoms with Crippen LogP contribution in [0.5, 0.6) is 5.75 Å². The van der Waals surface area contributed by atoms with E-state index in [4.69, 9.17) is 4.74 Å². The fraction of sp³-hybridized carbons (Fsp3) is 0.706. The Labute approximate surface area is 165 Å². The maximum Gasteiger partial charge on any atom is 0.376 e. The summed E-state index contributed by atoms with van der Waals surface area (Å²) < 4.78 is 29.7. The minimum atomic E-state index is -5.51. The zero-order valence-electron chi connectivity index (χ0n) is 16.5. The molecule has 0 amide bonds. The van der Waals surface area contributed by atoms with Crippen LogP contribution in [0.2, 0.25) is 0 Å². The van der Waals surface area contributed by atoms with E-state index >= 15 is 0 Å². The monoisotopic (exact) mass is 440 g/mol. The van der Waals surface area contributed by atoms with Crippen LogP contribution in [0.3, 0.4) is 0 Å². The Morgan fingerprint density at radius 2 is 1.68 bits per heavy atom. The summed E-state index contributed by atoms with van der Waals surface area (Å²) in [6, 6.07) is 3.12. The highest BCUT2D eigenvalue weighted by molar-refractivity contribution is 7.72. The van der Waals surface area contributed by atoms with Crippen molar-refractivity contribution in [2.24, 2.45) is 11.8 Å². The molecule has 0 radical (unpaired) electrons. The van der Waals surface area contributed by atoms with Gasteiger partial charge in [-0.2, -0.15) is 4.57 Å². The Bertz CT molecular complexity index is 693. The standard InChI is InChI=1S/C17H31NO8P2/c1-14(2)6-4-7-15(3)9-11-26-16-8-5-10-18(12-16)13-17(19,27(20,21)22)28(23,24)25/h5,8,10,12,14-15,19H,4,6-7,9,11,13H2,1-3H3,(H3-,20,21,22,23,24,25)/p+1. The Hall–Kier alpha value is -0.790. The third-order valence-corrected chi connectivity index (χ3v) is 8.23. The third-order valence-electron chi connectivity index (χ3n) is 4.52. The fourth-order valence-corrected chi connectivity index (χ4v) is 4.73. The molecule has 0 saturated carbocycles. The molecule has 0 aliphatic rings. The predicted molar refractivity (Wildman–Crippen MR) is 104 cm³/mol. The molecule has 1 aromatic heterocycles. The van der Waals surface area contributed by atoms with Gasteiger partial charge in [0.15, 0.2) is 11.9 Å². The summed E-state index contributed by atoms with van der Waals surface area (Å²) >= 11 is 0. The number of ether oxygens (including phenoxy) is 1. The van der Waals surface area contributed by atoms with E-state index in [0.29, 0.717) is 24.2 Å². The van der Waals surface area contributed by atoms with Crippen LogP contribution in [0.4, 0.5) is 0 Å². The quantitative estimate of drug-likeness (QED) is 0.245. The highest BCUT2D eigenvalue weighted by atomic mass is 31.2. The molecule has 0 aliphatic carbocycles. The van der Waals surface area contributed by atoms with Gasteiger partial charge in [-0.15, -0.1) is 0 Å². The third kappa shape index (κ3) is 7.56. The second-order valence-electron chi connectivity index (χ2n) is 7.64. The Morgan fingerprint density at radius 1 is 1.07 bits per heavy atom. The van der Waals surface area contributed by atoms with Gasteiger partial charge in [-0.1, -0.05) is 40.0 Å². The van der Waals surface area contributed by atoms with Gasteiger partial charge < -0.3 is 29.4 Å². The van der Waals surface area contributed by atoms with Crippen molar-refractivity contribution in [1.82, 2.24) is 0 Å². The molecular formula is C17H32NO8P2+. The maximum absolute atomic E-state index is 11.5. The molecular weight excluding hydrogens is 408 g/mol. The largest absolute Gasteiger partial charge is 0.487 e. The number of nitrogens with zero attached hydrogens (tertiary/aromatic N) is 1. The van der Waals surface area contributed by atoms with E-state index in [-0.39, 0.29) is 0 Å². The first-order chi connectivity index (χ1) is 12.8. The SMILES string of the molecule is CC(C)CCCC(C)CCOc1ccc[n+](CC(O)(P(=O)(O)O)P(=O)(O)O)c1. The lowest BCUT2D eigenvalue weighted by molar-refractivity contribution is -0.703. The molecule has 1 unspecified atom stereocenters. The molecule has 0 fully saturated rings. The summed E-state index contributed by atoms with van der Waals surface area (Å²) in [5.74, 6) is 1.54. The summed E-state index contributed by atoms with van der Waals surface area (Å²) in [5, 5.41) is 6.51. The van der Waals surface area contributed by atoms with Gasteiger partial charge in [-0.25, -0.2) is 0 Å². The van der Waals surface area contributed by atoms with Crippen LogP contribution in [-0.2, 0) is 15.7 Å². The van der Waals surface area contributed by atoms with Crippen LogP contribution in [-0.4, -0.2) is 36.4 Å². The summed E-state index contributed by atoms with van der Waals surface area (Å²) in [7, 11) is -11.0. The number of aliphatic hydroxyl groups is 1. The fourth-order valence-electron chi connectivity index (χ4n) is 2.68. The summed E-state index contributed by atoms with van der Waals surface area (Å²) in [6.45, 7) is 5.99. The molecule has 1 rings (SSSR count). The van der Waals surface area contributed by atoms with Crippen molar-refractivity contribution in [3.05, 3.63) is 24.5 Å². The van der Waals surface area contributed by atoms with E-state index in [1.54, 1.807) is 6.07 Å². The number of hydrogen-bond donors (Lipinski definition) is 5. The molecule has 1 heterocycles. The smallest absolute Gasteiger partial charge is 0.376 e. The second kappa shape index (κ2) is 10.3. The van der Waals surface area contributed by atoms with Gasteiger partial charge in [0.2, 0.25) is 12.7 Å². The molecule has 9 nitrogen and oxygen atoms in total. The van der Waals surface area contributed by atoms with E-state index in [1.807, 2.05) is 0 Å². The van der Waals surface area contributed by atoms with Gasteiger partial charge in [0, 0.05) is 6.07 Å². The van der Waals surface area contributed by atoms with Crippen molar-refractivity contribution < 1.29 is 43.1 Å². The Morgan fingerprint density at radius 3 is 2.21 bits per heavy atom. The van der Waals surface area contributed by atoms with Gasteiger partial charge in [-0.05, 0) is 24.3 Å². The molecule has 1 aromatic rings. The van der Waals surface area contributed by atoms with Crippen molar-refractivity contribution in [3.8, 4) is 5.75 Å². The minimum Gasteiger partial charge on any atom is -0.487 e. The number of pyridine rings is 1. The average molecular weight is 440 g/mol. The average Bonchev–Trinajstić information content (AvgIpc) is 2.52. The molecule has 1 atom stereocenters. The number of aromatic nitrogens is 1. The molecule has 28 heavy (non-hydrogen) atoms. The molecule has 0 bridgehead atoms. The van der Waals surface area contributed by atoms with Crippen LogP contribution in [0.15, 0.2) is 24.5 Å². The van der Waals surface area contributed by atoms with Crippen molar-refractivity contribution in [2.75, 3.05) is 6.61 Å². The lowest BCUT2D eigenvalue weighted by atomic mass is 9.98. The highest BCUT2D eigenvalue weighted by Gasteiger charge is 2.62. The lowest BCUT2D eigenvalue weighted by Crippen LogP contribution is -2.47. The Balaban J connectivity index is 2.69. The zero-order valence-corrected chi connectivity index (χ0v) is 18.3. The van der Waals surface area contributed by atoms with E-state index in [1.165, 1.54) is 24.9 Å². The second-order valence-corrected chi connectivity index (χ2v) is 11.7. The lowest BCUT2D eigenvalue weighted by Gasteiger charge is -2.26. The van der Waals surface area contributed by atoms with Crippen LogP contribution in [0, 0.1) is 11.8 Å². The van der Waals surface area contributed by atoms with E-state index in [0.717, 1.165) is 23.8 Å². The van der Waals surface area contributed by atoms with Crippen molar-refractivity contribution >= 4 is 15.2 Å². The van der Waals surface area contributed by atoms with Crippen LogP contribution in [0.25, 0.3) is 0 Å². The summed E-state index contributed by atoms with van der Waals surface area (Å²) in [5.41, 5.74) is 0. The van der Waals surface area contributed by atoms with Crippen LogP contribution < -0.4 is 9.30 Å². The minimum absolute atomic E-state index is 0.371. The molecule has 0 aliphatic heterocycles. The van der Waals surface area contributed by atoms with Gasteiger partial charge >= 0.3 is 20.3 Å². The van der Waals surface area contributed by atoms with Gasteiger partial charge in [0.1, 0.15) is 0 Å². The topological polar surface area (TPSA) is 148 Å². The van der Waals surface area contributed by atoms with Gasteiger partial charge in [0.25, 0.3) is 0 Å². The first-order valence-electron chi connectivity index (χ1n) is 9.22. The van der Waals surface area contributed by atoms with E-state index in [9.17, 15) is 33.8 Å². The van der Waals surface area contributed by atoms with E-state index < -0.39 is 26.8 Å². The molecule has 0 saturated heterocycles. The summed E-state index contributed by atoms with van der Waals surface area (Å²) in [6.07, 6.45) is 6.95. The number of rotatable bonds is 12. The van der Waals surface area contributed by atoms with Crippen molar-refractivity contribution in [2.45, 2.75) is 58.1 Å². The molecule has 0 aromatic carbocycles. The van der Waals surface area contributed by atoms with Crippen LogP contribution in [0.1, 0.15) is 46.5 Å². The summed E-state index contributed by atoms with van der Waals surface area (Å²) in [4.78, 5) is 36.9. The predicted octanol–water partition coefficient (Wildman–Crippen LogP) is 2.21. The van der Waals surface area contributed by atoms with Gasteiger partial charge in [-0.3, -0.25) is 9.13 Å². The molecule has 0 spiro atoms. The molecule has 11 heteroatoms. The zero-order chi connectivity index (χ0) is 21.6. The van der Waals surface area contributed by atoms with Gasteiger partial charge in [0.05, 0.1) is 6.61 Å². The first-order valence-corrected chi connectivity index (χ1v) is 12.4. The van der Waals surface area contributed by atoms with E-state index in [2.05, 4.69) is 20.8 Å². The maximum atomic E-state index is 11.5. The van der Waals surface area contributed by atoms with Crippen LogP contribution >= 0.6 is 15.2 Å². The first kappa shape index (κ1) is 25.2. The normalized spacial score (nSPS) is 14.3. The number of hydrogen-bond acceptors (Lipinski definition) is 4. The molecule has 5 N–H and O–H groups in total. The van der Waals surface area contributed by atoms with Crippen molar-refractivity contribution in [1.29, 1.82) is 0 Å². The van der Waals surface area contributed by atoms with Crippen molar-refractivity contribution in [3.63, 3.8) is 0 Å². The molecule has 162 valence electrons.